The second-order valence-corrected chi connectivity index (χ2v) is 10.8. The molecule has 0 unspecified atom stereocenters. The number of hydrogen-bond donors (Lipinski definition) is 1. The number of nitrogens with one attached hydrogen (secondary N) is 1. The lowest BCUT2D eigenvalue weighted by molar-refractivity contribution is -0.149. The maximum atomic E-state index is 13.4. The third-order valence-corrected chi connectivity index (χ3v) is 8.48. The minimum Gasteiger partial charge on any atom is -0.377 e. The number of morpholine rings is 1. The van der Waals surface area contributed by atoms with Crippen LogP contribution in [0.5, 0.6) is 0 Å². The Balaban J connectivity index is 1.29. The number of carbonyl (C=O) groups excluding carboxylic acids is 1. The number of carbonyl (C=O) groups is 1. The zero-order chi connectivity index (χ0) is 22.5. The molecule has 0 spiro atoms. The number of aromatic nitrogens is 4. The van der Waals surface area contributed by atoms with Crippen molar-refractivity contribution in [1.29, 1.82) is 0 Å². The van der Waals surface area contributed by atoms with Gasteiger partial charge in [-0.15, -0.1) is 16.4 Å². The van der Waals surface area contributed by atoms with E-state index in [1.165, 1.54) is 22.0 Å². The van der Waals surface area contributed by atoms with Crippen LogP contribution in [0.2, 0.25) is 0 Å². The van der Waals surface area contributed by atoms with E-state index in [0.717, 1.165) is 51.2 Å². The molecule has 0 saturated carbocycles. The van der Waals surface area contributed by atoms with Crippen molar-refractivity contribution in [2.24, 2.45) is 5.92 Å². The van der Waals surface area contributed by atoms with Crippen LogP contribution in [0.1, 0.15) is 30.7 Å². The zero-order valence-electron chi connectivity index (χ0n) is 18.4. The standard InChI is InChI=1S/C23H24N6O2S2/c1-12-9-31-10-13(2)29(12)23(30)14-3-5-16-18(7-14)32-22-20(16)21(24-11-25-22)26-15-4-6-17-19(8-15)33-28-27-17/h4,6,8,11-14H,3,5,7,9-10H2,1-2H3,(H,24,25,26)/t12-,13-,14-/m0/s1. The average Bonchev–Trinajstić information content (AvgIpc) is 3.42. The number of ether oxygens (including phenoxy) is 1. The van der Waals surface area contributed by atoms with E-state index in [9.17, 15) is 4.79 Å². The first-order chi connectivity index (χ1) is 16.1. The van der Waals surface area contributed by atoms with Gasteiger partial charge in [0.05, 0.1) is 35.4 Å². The van der Waals surface area contributed by atoms with E-state index in [0.29, 0.717) is 13.2 Å². The molecular formula is C23H24N6O2S2. The van der Waals surface area contributed by atoms with E-state index in [1.54, 1.807) is 17.7 Å². The number of benzene rings is 1. The van der Waals surface area contributed by atoms with Gasteiger partial charge in [0.25, 0.3) is 0 Å². The maximum Gasteiger partial charge on any atom is 0.226 e. The van der Waals surface area contributed by atoms with Crippen molar-refractivity contribution in [3.63, 3.8) is 0 Å². The first kappa shape index (κ1) is 20.9. The molecule has 1 saturated heterocycles. The van der Waals surface area contributed by atoms with Gasteiger partial charge in [0, 0.05) is 16.5 Å². The summed E-state index contributed by atoms with van der Waals surface area (Å²) < 4.78 is 10.7. The molecule has 6 rings (SSSR count). The number of nitrogens with zero attached hydrogens (tertiary/aromatic N) is 5. The molecule has 0 radical (unpaired) electrons. The van der Waals surface area contributed by atoms with E-state index in [2.05, 4.69) is 38.7 Å². The highest BCUT2D eigenvalue weighted by Gasteiger charge is 2.36. The maximum absolute atomic E-state index is 13.4. The van der Waals surface area contributed by atoms with Gasteiger partial charge in [0.15, 0.2) is 0 Å². The van der Waals surface area contributed by atoms with Gasteiger partial charge in [0.1, 0.15) is 22.5 Å². The van der Waals surface area contributed by atoms with Crippen LogP contribution >= 0.6 is 22.9 Å². The van der Waals surface area contributed by atoms with Gasteiger partial charge in [-0.3, -0.25) is 4.79 Å². The van der Waals surface area contributed by atoms with Crippen LogP contribution in [-0.2, 0) is 22.4 Å². The molecule has 170 valence electrons. The Hall–Kier alpha value is -2.69. The molecule has 4 heterocycles. The largest absolute Gasteiger partial charge is 0.377 e. The van der Waals surface area contributed by atoms with Crippen molar-refractivity contribution in [2.75, 3.05) is 18.5 Å². The van der Waals surface area contributed by atoms with Gasteiger partial charge < -0.3 is 15.0 Å². The molecule has 4 aromatic rings. The molecule has 10 heteroatoms. The second-order valence-electron chi connectivity index (χ2n) is 8.91. The fourth-order valence-corrected chi connectivity index (χ4v) is 6.92. The van der Waals surface area contributed by atoms with E-state index in [4.69, 9.17) is 4.74 Å². The van der Waals surface area contributed by atoms with Crippen LogP contribution in [0, 0.1) is 5.92 Å². The topological polar surface area (TPSA) is 93.1 Å². The Morgan fingerprint density at radius 1 is 1.21 bits per heavy atom. The minimum atomic E-state index is 0.0131. The number of anilines is 2. The summed E-state index contributed by atoms with van der Waals surface area (Å²) in [6.07, 6.45) is 4.09. The summed E-state index contributed by atoms with van der Waals surface area (Å²) in [4.78, 5) is 26.8. The van der Waals surface area contributed by atoms with Crippen molar-refractivity contribution >= 4 is 60.7 Å². The Bertz CT molecular complexity index is 1340. The third-order valence-electron chi connectivity index (χ3n) is 6.63. The van der Waals surface area contributed by atoms with Gasteiger partial charge >= 0.3 is 0 Å². The zero-order valence-corrected chi connectivity index (χ0v) is 20.1. The predicted octanol–water partition coefficient (Wildman–Crippen LogP) is 4.18. The summed E-state index contributed by atoms with van der Waals surface area (Å²) >= 11 is 3.07. The Morgan fingerprint density at radius 3 is 2.91 bits per heavy atom. The third kappa shape index (κ3) is 3.66. The Labute approximate surface area is 199 Å². The molecule has 1 aromatic carbocycles. The van der Waals surface area contributed by atoms with Gasteiger partial charge in [-0.25, -0.2) is 9.97 Å². The van der Waals surface area contributed by atoms with Crippen LogP contribution in [0.15, 0.2) is 24.5 Å². The van der Waals surface area contributed by atoms with Gasteiger partial charge in [0.2, 0.25) is 5.91 Å². The molecule has 3 atom stereocenters. The molecule has 1 amide bonds. The van der Waals surface area contributed by atoms with Gasteiger partial charge in [-0.2, -0.15) is 0 Å². The van der Waals surface area contributed by atoms with E-state index >= 15 is 0 Å². The molecule has 1 aliphatic carbocycles. The van der Waals surface area contributed by atoms with Crippen LogP contribution < -0.4 is 5.32 Å². The summed E-state index contributed by atoms with van der Waals surface area (Å²) in [5, 5.41) is 8.67. The fourth-order valence-electron chi connectivity index (χ4n) is 5.06. The molecule has 33 heavy (non-hydrogen) atoms. The summed E-state index contributed by atoms with van der Waals surface area (Å²) in [5.74, 6) is 1.09. The predicted molar refractivity (Wildman–Crippen MR) is 130 cm³/mol. The van der Waals surface area contributed by atoms with E-state index in [-0.39, 0.29) is 23.9 Å². The quantitative estimate of drug-likeness (QED) is 0.470. The number of amides is 1. The Morgan fingerprint density at radius 2 is 2.06 bits per heavy atom. The number of rotatable bonds is 3. The first-order valence-electron chi connectivity index (χ1n) is 11.2. The average molecular weight is 481 g/mol. The van der Waals surface area contributed by atoms with Gasteiger partial charge in [-0.1, -0.05) is 4.49 Å². The first-order valence-corrected chi connectivity index (χ1v) is 12.8. The number of hydrogen-bond acceptors (Lipinski definition) is 9. The molecule has 8 nitrogen and oxygen atoms in total. The molecule has 0 bridgehead atoms. The smallest absolute Gasteiger partial charge is 0.226 e. The van der Waals surface area contributed by atoms with Crippen LogP contribution in [0.4, 0.5) is 11.5 Å². The summed E-state index contributed by atoms with van der Waals surface area (Å²) in [5.41, 5.74) is 3.13. The lowest BCUT2D eigenvalue weighted by Gasteiger charge is -2.41. The second kappa shape index (κ2) is 8.27. The Kier molecular flexibility index (Phi) is 5.23. The summed E-state index contributed by atoms with van der Waals surface area (Å²) in [6, 6.07) is 6.25. The van der Waals surface area contributed by atoms with Crippen LogP contribution in [0.3, 0.4) is 0 Å². The molecule has 1 fully saturated rings. The molecule has 1 aliphatic heterocycles. The number of thiophene rings is 1. The van der Waals surface area contributed by atoms with E-state index < -0.39 is 0 Å². The van der Waals surface area contributed by atoms with Crippen molar-refractivity contribution in [3.8, 4) is 0 Å². The molecular weight excluding hydrogens is 456 g/mol. The minimum absolute atomic E-state index is 0.0131. The highest BCUT2D eigenvalue weighted by molar-refractivity contribution is 7.19. The SMILES string of the molecule is C[C@H]1COC[C@H](C)N1C(=O)[C@H]1CCc2c(sc3ncnc(Nc4ccc5nnsc5c4)c23)C1. The summed E-state index contributed by atoms with van der Waals surface area (Å²) in [6.45, 7) is 5.39. The molecule has 1 N–H and O–H groups in total. The van der Waals surface area contributed by atoms with Crippen molar-refractivity contribution in [3.05, 3.63) is 35.0 Å². The van der Waals surface area contributed by atoms with Gasteiger partial charge in [-0.05, 0) is 68.4 Å². The lowest BCUT2D eigenvalue weighted by Crippen LogP contribution is -2.54. The monoisotopic (exact) mass is 480 g/mol. The van der Waals surface area contributed by atoms with Crippen molar-refractivity contribution in [1.82, 2.24) is 24.5 Å². The van der Waals surface area contributed by atoms with Crippen LogP contribution in [0.25, 0.3) is 20.4 Å². The van der Waals surface area contributed by atoms with Crippen LogP contribution in [-0.4, -0.2) is 55.7 Å². The normalized spacial score (nSPS) is 23.1. The van der Waals surface area contributed by atoms with E-state index in [1.807, 2.05) is 23.1 Å². The number of fused-ring (bicyclic) bond motifs is 4. The van der Waals surface area contributed by atoms with Crippen molar-refractivity contribution < 1.29 is 9.53 Å². The highest BCUT2D eigenvalue weighted by atomic mass is 32.1. The fraction of sp³-hybridized carbons (Fsp3) is 0.435. The van der Waals surface area contributed by atoms with Crippen molar-refractivity contribution in [2.45, 2.75) is 45.2 Å². The molecule has 2 aliphatic rings. The lowest BCUT2D eigenvalue weighted by atomic mass is 9.86. The number of aryl methyl sites for hydroxylation is 1. The highest BCUT2D eigenvalue weighted by Crippen LogP contribution is 2.41. The molecule has 3 aromatic heterocycles. The summed E-state index contributed by atoms with van der Waals surface area (Å²) in [7, 11) is 0.